The smallest absolute Gasteiger partial charge is 0.0786 e. The minimum Gasteiger partial charge on any atom is -0.390 e. The molecule has 0 aliphatic carbocycles. The third-order valence-corrected chi connectivity index (χ3v) is 6.05. The zero-order chi connectivity index (χ0) is 29.2. The standard InChI is InChI=1S/C34H60N4O2/c35-29-33(39)31-37-27-25-23-21-19-17-15-13-11-9-7-5-3-1-2-4-6-8-10-12-14-16-18-20-22-24-26-28-38-32-34(40)30-36/h1,3-4,6-7,9-10,12,16,18,21-24,33-34,37-40H,2,5,8,11,13-15,17,19-20,25-32,35-36H2/b3-1-,6-4-,9-7-,12-10-,18-16-,23-21-,24-22-/t33-,34+/m0/s1. The second kappa shape index (κ2) is 33.1. The molecule has 0 bridgehead atoms. The fourth-order valence-electron chi connectivity index (χ4n) is 3.60. The van der Waals surface area contributed by atoms with Gasteiger partial charge in [0.15, 0.2) is 0 Å². The highest BCUT2D eigenvalue weighted by Crippen LogP contribution is 2.05. The molecule has 2 atom stereocenters. The largest absolute Gasteiger partial charge is 0.390 e. The Morgan fingerprint density at radius 1 is 0.425 bits per heavy atom. The fourth-order valence-corrected chi connectivity index (χ4v) is 3.60. The van der Waals surface area contributed by atoms with Crippen molar-refractivity contribution in [2.24, 2.45) is 11.5 Å². The summed E-state index contributed by atoms with van der Waals surface area (Å²) in [5, 5.41) is 25.1. The Hall–Kier alpha value is -2.06. The summed E-state index contributed by atoms with van der Waals surface area (Å²) < 4.78 is 0. The summed E-state index contributed by atoms with van der Waals surface area (Å²) in [5.74, 6) is 0. The van der Waals surface area contributed by atoms with E-state index in [2.05, 4.69) is 95.7 Å². The van der Waals surface area contributed by atoms with Gasteiger partial charge in [-0.1, -0.05) is 91.5 Å². The number of unbranched alkanes of at least 4 members (excludes halogenated alkanes) is 4. The first-order valence-electron chi connectivity index (χ1n) is 15.4. The predicted octanol–water partition coefficient (Wildman–Crippen LogP) is 5.38. The number of aliphatic hydroxyl groups excluding tert-OH is 2. The van der Waals surface area contributed by atoms with E-state index in [9.17, 15) is 10.2 Å². The van der Waals surface area contributed by atoms with E-state index in [1.54, 1.807) is 0 Å². The maximum absolute atomic E-state index is 9.35. The first-order chi connectivity index (χ1) is 19.7. The molecule has 0 radical (unpaired) electrons. The molecule has 0 aromatic carbocycles. The highest BCUT2D eigenvalue weighted by atomic mass is 16.3. The van der Waals surface area contributed by atoms with Crippen molar-refractivity contribution in [2.45, 2.75) is 89.3 Å². The Balaban J connectivity index is 3.47. The zero-order valence-electron chi connectivity index (χ0n) is 25.0. The summed E-state index contributed by atoms with van der Waals surface area (Å²) in [5.41, 5.74) is 10.7. The molecule has 0 aliphatic rings. The summed E-state index contributed by atoms with van der Waals surface area (Å²) in [4.78, 5) is 0. The third-order valence-electron chi connectivity index (χ3n) is 6.05. The molecule has 6 nitrogen and oxygen atoms in total. The number of hydrogen-bond donors (Lipinski definition) is 6. The van der Waals surface area contributed by atoms with Crippen LogP contribution in [0.15, 0.2) is 85.1 Å². The Bertz CT molecular complexity index is 725. The van der Waals surface area contributed by atoms with Crippen LogP contribution in [0.5, 0.6) is 0 Å². The van der Waals surface area contributed by atoms with Crippen molar-refractivity contribution >= 4 is 0 Å². The molecule has 40 heavy (non-hydrogen) atoms. The molecule has 0 unspecified atom stereocenters. The number of nitrogens with one attached hydrogen (secondary N) is 2. The maximum atomic E-state index is 9.35. The van der Waals surface area contributed by atoms with Crippen LogP contribution in [-0.2, 0) is 0 Å². The van der Waals surface area contributed by atoms with E-state index < -0.39 is 12.2 Å². The number of rotatable bonds is 28. The van der Waals surface area contributed by atoms with Gasteiger partial charge in [0.2, 0.25) is 0 Å². The van der Waals surface area contributed by atoms with Crippen LogP contribution in [0.1, 0.15) is 77.0 Å². The molecule has 0 aromatic heterocycles. The van der Waals surface area contributed by atoms with Gasteiger partial charge in [0, 0.05) is 26.2 Å². The fraction of sp³-hybridized carbons (Fsp3) is 0.588. The molecule has 0 amide bonds. The second-order valence-corrected chi connectivity index (χ2v) is 9.88. The van der Waals surface area contributed by atoms with Crippen molar-refractivity contribution < 1.29 is 10.2 Å². The van der Waals surface area contributed by atoms with E-state index in [1.807, 2.05) is 0 Å². The Labute approximate surface area is 245 Å². The van der Waals surface area contributed by atoms with Crippen molar-refractivity contribution in [3.8, 4) is 0 Å². The van der Waals surface area contributed by atoms with E-state index in [1.165, 1.54) is 25.7 Å². The van der Waals surface area contributed by atoms with Gasteiger partial charge in [-0.3, -0.25) is 0 Å². The van der Waals surface area contributed by atoms with Crippen LogP contribution in [0.25, 0.3) is 0 Å². The summed E-state index contributed by atoms with van der Waals surface area (Å²) in [6.07, 6.45) is 43.3. The number of allylic oxidation sites excluding steroid dienone is 12. The highest BCUT2D eigenvalue weighted by molar-refractivity contribution is 5.01. The monoisotopic (exact) mass is 556 g/mol. The molecular formula is C34H60N4O2. The molecular weight excluding hydrogens is 496 g/mol. The maximum Gasteiger partial charge on any atom is 0.0786 e. The minimum absolute atomic E-state index is 0.306. The van der Waals surface area contributed by atoms with Gasteiger partial charge >= 0.3 is 0 Å². The van der Waals surface area contributed by atoms with Crippen LogP contribution in [-0.4, -0.2) is 61.7 Å². The predicted molar refractivity (Wildman–Crippen MR) is 175 cm³/mol. The molecule has 0 aliphatic heterocycles. The van der Waals surface area contributed by atoms with Gasteiger partial charge in [0.25, 0.3) is 0 Å². The Morgan fingerprint density at radius 2 is 0.725 bits per heavy atom. The van der Waals surface area contributed by atoms with E-state index in [4.69, 9.17) is 11.5 Å². The van der Waals surface area contributed by atoms with Gasteiger partial charge in [-0.25, -0.2) is 0 Å². The zero-order valence-corrected chi connectivity index (χ0v) is 25.0. The Morgan fingerprint density at radius 3 is 1.10 bits per heavy atom. The molecule has 0 saturated heterocycles. The highest BCUT2D eigenvalue weighted by Gasteiger charge is 1.98. The summed E-state index contributed by atoms with van der Waals surface area (Å²) >= 11 is 0. The number of aliphatic hydroxyl groups is 2. The number of hydrogen-bond acceptors (Lipinski definition) is 6. The van der Waals surface area contributed by atoms with Gasteiger partial charge in [-0.05, 0) is 83.7 Å². The minimum atomic E-state index is -0.444. The molecule has 8 N–H and O–H groups in total. The molecule has 0 fully saturated rings. The molecule has 0 saturated carbocycles. The van der Waals surface area contributed by atoms with Gasteiger partial charge in [0.1, 0.15) is 0 Å². The van der Waals surface area contributed by atoms with Crippen molar-refractivity contribution in [3.63, 3.8) is 0 Å². The lowest BCUT2D eigenvalue weighted by Gasteiger charge is -2.07. The molecule has 0 spiro atoms. The van der Waals surface area contributed by atoms with Crippen LogP contribution >= 0.6 is 0 Å². The Kier molecular flexibility index (Phi) is 31.4. The van der Waals surface area contributed by atoms with Gasteiger partial charge < -0.3 is 32.3 Å². The van der Waals surface area contributed by atoms with Crippen molar-refractivity contribution in [1.82, 2.24) is 10.6 Å². The summed E-state index contributed by atoms with van der Waals surface area (Å²) in [6.45, 7) is 3.52. The van der Waals surface area contributed by atoms with Crippen molar-refractivity contribution in [3.05, 3.63) is 85.1 Å². The van der Waals surface area contributed by atoms with Crippen LogP contribution in [0.2, 0.25) is 0 Å². The molecule has 6 heteroatoms. The third kappa shape index (κ3) is 32.2. The SMILES string of the molecule is NC[C@@H](O)CNCC/C=C\C/C=C\C/C=C\C/C=C\C/C=C\C/C=C\CCCCC/C=C\CCNC[C@@H](O)CN. The van der Waals surface area contributed by atoms with Crippen LogP contribution < -0.4 is 22.1 Å². The quantitative estimate of drug-likeness (QED) is 0.0569. The molecule has 228 valence electrons. The first kappa shape index (κ1) is 37.9. The molecule has 0 rings (SSSR count). The average molecular weight is 557 g/mol. The lowest BCUT2D eigenvalue weighted by Crippen LogP contribution is -2.32. The second-order valence-electron chi connectivity index (χ2n) is 9.88. The van der Waals surface area contributed by atoms with Crippen molar-refractivity contribution in [1.29, 1.82) is 0 Å². The van der Waals surface area contributed by atoms with E-state index in [0.29, 0.717) is 26.2 Å². The normalized spacial score (nSPS) is 14.6. The van der Waals surface area contributed by atoms with E-state index >= 15 is 0 Å². The summed E-state index contributed by atoms with van der Waals surface area (Å²) in [7, 11) is 0. The van der Waals surface area contributed by atoms with Gasteiger partial charge in [-0.15, -0.1) is 0 Å². The summed E-state index contributed by atoms with van der Waals surface area (Å²) in [6, 6.07) is 0. The number of nitrogens with two attached hydrogens (primary N) is 2. The molecule has 0 heterocycles. The van der Waals surface area contributed by atoms with Crippen LogP contribution in [0.3, 0.4) is 0 Å². The van der Waals surface area contributed by atoms with Gasteiger partial charge in [-0.2, -0.15) is 0 Å². The lowest BCUT2D eigenvalue weighted by molar-refractivity contribution is 0.180. The average Bonchev–Trinajstić information content (AvgIpc) is 2.97. The first-order valence-corrected chi connectivity index (χ1v) is 15.4. The van der Waals surface area contributed by atoms with Gasteiger partial charge in [0.05, 0.1) is 12.2 Å². The topological polar surface area (TPSA) is 117 Å². The van der Waals surface area contributed by atoms with Crippen molar-refractivity contribution in [2.75, 3.05) is 39.3 Å². The lowest BCUT2D eigenvalue weighted by atomic mass is 10.1. The van der Waals surface area contributed by atoms with Crippen LogP contribution in [0, 0.1) is 0 Å². The molecule has 0 aromatic rings. The van der Waals surface area contributed by atoms with E-state index in [0.717, 1.165) is 64.5 Å². The van der Waals surface area contributed by atoms with E-state index in [-0.39, 0.29) is 0 Å². The van der Waals surface area contributed by atoms with Crippen LogP contribution in [0.4, 0.5) is 0 Å².